The summed E-state index contributed by atoms with van der Waals surface area (Å²) in [5.74, 6) is 0.357. The predicted octanol–water partition coefficient (Wildman–Crippen LogP) is 1.59. The molecule has 17 heavy (non-hydrogen) atoms. The number of carbonyl (C=O) groups excluding carboxylic acids is 1. The number of aliphatic hydroxyl groups is 1. The smallest absolute Gasteiger partial charge is 0.255 e. The van der Waals surface area contributed by atoms with Crippen LogP contribution in [-0.2, 0) is 0 Å². The van der Waals surface area contributed by atoms with Crippen molar-refractivity contribution in [3.63, 3.8) is 0 Å². The van der Waals surface area contributed by atoms with Crippen molar-refractivity contribution in [3.8, 4) is 5.75 Å². The lowest BCUT2D eigenvalue weighted by atomic mass is 10.1. The second kappa shape index (κ2) is 6.91. The van der Waals surface area contributed by atoms with E-state index in [0.717, 1.165) is 0 Å². The van der Waals surface area contributed by atoms with E-state index in [-0.39, 0.29) is 18.6 Å². The van der Waals surface area contributed by atoms with Gasteiger partial charge in [-0.05, 0) is 25.5 Å². The van der Waals surface area contributed by atoms with Crippen LogP contribution in [0.25, 0.3) is 0 Å². The lowest BCUT2D eigenvalue weighted by molar-refractivity contribution is 0.0911. The summed E-state index contributed by atoms with van der Waals surface area (Å²) >= 11 is 0. The summed E-state index contributed by atoms with van der Waals surface area (Å²) in [5, 5.41) is 11.8. The lowest BCUT2D eigenvalue weighted by Crippen LogP contribution is -2.37. The molecule has 0 fully saturated rings. The molecule has 1 aromatic rings. The standard InChI is InChI=1S/C13H19NO3/c1-3-10(9-15)14-13(16)11-7-5-6-8-12(11)17-4-2/h5-8,10,15H,3-4,9H2,1-2H3,(H,14,16)/t10-/m0/s1. The first-order valence-corrected chi connectivity index (χ1v) is 5.86. The fourth-order valence-corrected chi connectivity index (χ4v) is 1.48. The van der Waals surface area contributed by atoms with Crippen LogP contribution in [-0.4, -0.2) is 30.3 Å². The zero-order valence-electron chi connectivity index (χ0n) is 10.3. The van der Waals surface area contributed by atoms with Gasteiger partial charge in [0.05, 0.1) is 24.8 Å². The van der Waals surface area contributed by atoms with Crippen LogP contribution in [0.15, 0.2) is 24.3 Å². The second-order valence-electron chi connectivity index (χ2n) is 3.69. The third-order valence-electron chi connectivity index (χ3n) is 2.48. The molecule has 0 radical (unpaired) electrons. The first-order valence-electron chi connectivity index (χ1n) is 5.86. The molecule has 0 aliphatic carbocycles. The summed E-state index contributed by atoms with van der Waals surface area (Å²) in [6, 6.07) is 6.88. The number of nitrogens with one attached hydrogen (secondary N) is 1. The molecule has 4 nitrogen and oxygen atoms in total. The molecule has 0 heterocycles. The Balaban J connectivity index is 2.80. The molecule has 0 spiro atoms. The normalized spacial score (nSPS) is 11.9. The molecule has 1 atom stereocenters. The van der Waals surface area contributed by atoms with Crippen molar-refractivity contribution in [1.82, 2.24) is 5.32 Å². The fourth-order valence-electron chi connectivity index (χ4n) is 1.48. The maximum Gasteiger partial charge on any atom is 0.255 e. The molecule has 0 aliphatic rings. The number of carbonyl (C=O) groups is 1. The van der Waals surface area contributed by atoms with Gasteiger partial charge in [0, 0.05) is 0 Å². The Morgan fingerprint density at radius 3 is 2.71 bits per heavy atom. The van der Waals surface area contributed by atoms with E-state index in [2.05, 4.69) is 5.32 Å². The summed E-state index contributed by atoms with van der Waals surface area (Å²) in [6.45, 7) is 4.24. The van der Waals surface area contributed by atoms with Crippen LogP contribution in [0.4, 0.5) is 0 Å². The highest BCUT2D eigenvalue weighted by Gasteiger charge is 2.14. The van der Waals surface area contributed by atoms with Crippen molar-refractivity contribution in [1.29, 1.82) is 0 Å². The van der Waals surface area contributed by atoms with Gasteiger partial charge in [-0.1, -0.05) is 19.1 Å². The van der Waals surface area contributed by atoms with Crippen LogP contribution in [0.2, 0.25) is 0 Å². The molecule has 1 amide bonds. The maximum atomic E-state index is 12.0. The van der Waals surface area contributed by atoms with E-state index in [1.165, 1.54) is 0 Å². The number of para-hydroxylation sites is 1. The monoisotopic (exact) mass is 237 g/mol. The first-order chi connectivity index (χ1) is 8.22. The van der Waals surface area contributed by atoms with E-state index in [9.17, 15) is 4.79 Å². The molecule has 0 saturated carbocycles. The summed E-state index contributed by atoms with van der Waals surface area (Å²) in [4.78, 5) is 12.0. The number of hydrogen-bond donors (Lipinski definition) is 2. The maximum absolute atomic E-state index is 12.0. The Kier molecular flexibility index (Phi) is 5.49. The van der Waals surface area contributed by atoms with E-state index < -0.39 is 0 Å². The number of rotatable bonds is 6. The van der Waals surface area contributed by atoms with Gasteiger partial charge >= 0.3 is 0 Å². The average Bonchev–Trinajstić information content (AvgIpc) is 2.36. The number of aliphatic hydroxyl groups excluding tert-OH is 1. The molecule has 0 bridgehead atoms. The summed E-state index contributed by atoms with van der Waals surface area (Å²) in [7, 11) is 0. The van der Waals surface area contributed by atoms with Crippen molar-refractivity contribution < 1.29 is 14.6 Å². The molecule has 0 unspecified atom stereocenters. The van der Waals surface area contributed by atoms with Crippen LogP contribution < -0.4 is 10.1 Å². The fraction of sp³-hybridized carbons (Fsp3) is 0.462. The molecule has 4 heteroatoms. The first kappa shape index (κ1) is 13.5. The molecule has 1 rings (SSSR count). The summed E-state index contributed by atoms with van der Waals surface area (Å²) in [5.41, 5.74) is 0.501. The molecular weight excluding hydrogens is 218 g/mol. The van der Waals surface area contributed by atoms with Gasteiger partial charge in [-0.15, -0.1) is 0 Å². The van der Waals surface area contributed by atoms with Gasteiger partial charge in [-0.3, -0.25) is 4.79 Å². The minimum absolute atomic E-state index is 0.0565. The van der Waals surface area contributed by atoms with E-state index in [0.29, 0.717) is 24.3 Å². The van der Waals surface area contributed by atoms with Crippen molar-refractivity contribution in [2.75, 3.05) is 13.2 Å². The number of benzene rings is 1. The SMILES string of the molecule is CCOc1ccccc1C(=O)N[C@@H](CC)CO. The molecule has 0 saturated heterocycles. The molecule has 2 N–H and O–H groups in total. The Morgan fingerprint density at radius 1 is 1.41 bits per heavy atom. The molecule has 94 valence electrons. The molecular formula is C13H19NO3. The third kappa shape index (κ3) is 3.75. The van der Waals surface area contributed by atoms with Crippen LogP contribution in [0.5, 0.6) is 5.75 Å². The third-order valence-corrected chi connectivity index (χ3v) is 2.48. The van der Waals surface area contributed by atoms with Gasteiger partial charge in [0.15, 0.2) is 0 Å². The van der Waals surface area contributed by atoms with Crippen molar-refractivity contribution in [2.24, 2.45) is 0 Å². The molecule has 1 aromatic carbocycles. The van der Waals surface area contributed by atoms with Crippen molar-refractivity contribution in [3.05, 3.63) is 29.8 Å². The summed E-state index contributed by atoms with van der Waals surface area (Å²) < 4.78 is 5.38. The van der Waals surface area contributed by atoms with Crippen LogP contribution in [0.1, 0.15) is 30.6 Å². The Labute approximate surface area is 102 Å². The van der Waals surface area contributed by atoms with E-state index in [1.807, 2.05) is 19.9 Å². The largest absolute Gasteiger partial charge is 0.493 e. The lowest BCUT2D eigenvalue weighted by Gasteiger charge is -2.15. The molecule has 0 aliphatic heterocycles. The highest BCUT2D eigenvalue weighted by Crippen LogP contribution is 2.17. The van der Waals surface area contributed by atoms with E-state index in [1.54, 1.807) is 18.2 Å². The van der Waals surface area contributed by atoms with Crippen molar-refractivity contribution >= 4 is 5.91 Å². The highest BCUT2D eigenvalue weighted by molar-refractivity contribution is 5.97. The average molecular weight is 237 g/mol. The van der Waals surface area contributed by atoms with Gasteiger partial charge in [0.2, 0.25) is 0 Å². The van der Waals surface area contributed by atoms with Gasteiger partial charge in [-0.25, -0.2) is 0 Å². The quantitative estimate of drug-likeness (QED) is 0.790. The predicted molar refractivity (Wildman–Crippen MR) is 66.2 cm³/mol. The zero-order valence-corrected chi connectivity index (χ0v) is 10.3. The highest BCUT2D eigenvalue weighted by atomic mass is 16.5. The topological polar surface area (TPSA) is 58.6 Å². The van der Waals surface area contributed by atoms with Crippen LogP contribution in [0.3, 0.4) is 0 Å². The molecule has 0 aromatic heterocycles. The van der Waals surface area contributed by atoms with Gasteiger partial charge in [0.25, 0.3) is 5.91 Å². The van der Waals surface area contributed by atoms with Crippen LogP contribution in [0, 0.1) is 0 Å². The Bertz CT molecular complexity index is 361. The van der Waals surface area contributed by atoms with Gasteiger partial charge < -0.3 is 15.2 Å². The Hall–Kier alpha value is -1.55. The Morgan fingerprint density at radius 2 is 2.12 bits per heavy atom. The number of amides is 1. The zero-order chi connectivity index (χ0) is 12.7. The number of hydrogen-bond acceptors (Lipinski definition) is 3. The summed E-state index contributed by atoms with van der Waals surface area (Å²) in [6.07, 6.45) is 0.693. The van der Waals surface area contributed by atoms with Gasteiger partial charge in [-0.2, -0.15) is 0 Å². The minimum atomic E-state index is -0.213. The van der Waals surface area contributed by atoms with E-state index in [4.69, 9.17) is 9.84 Å². The van der Waals surface area contributed by atoms with Crippen LogP contribution >= 0.6 is 0 Å². The number of ether oxygens (including phenoxy) is 1. The second-order valence-corrected chi connectivity index (χ2v) is 3.69. The van der Waals surface area contributed by atoms with Gasteiger partial charge in [0.1, 0.15) is 5.75 Å². The minimum Gasteiger partial charge on any atom is -0.493 e. The van der Waals surface area contributed by atoms with Crippen molar-refractivity contribution in [2.45, 2.75) is 26.3 Å². The van der Waals surface area contributed by atoms with E-state index >= 15 is 0 Å².